The van der Waals surface area contributed by atoms with Gasteiger partial charge in [-0.1, -0.05) is 54.6 Å². The Bertz CT molecular complexity index is 1160. The van der Waals surface area contributed by atoms with Gasteiger partial charge in [-0.3, -0.25) is 0 Å². The van der Waals surface area contributed by atoms with E-state index in [4.69, 9.17) is 4.42 Å². The van der Waals surface area contributed by atoms with Crippen molar-refractivity contribution < 1.29 is 4.42 Å². The Hall–Kier alpha value is -3.73. The van der Waals surface area contributed by atoms with E-state index in [1.807, 2.05) is 36.4 Å². The molecule has 0 radical (unpaired) electrons. The zero-order chi connectivity index (χ0) is 17.3. The molecule has 0 atom stereocenters. The number of hydrogen-bond acceptors (Lipinski definition) is 4. The molecule has 5 aromatic rings. The average Bonchev–Trinajstić information content (AvgIpc) is 3.38. The van der Waals surface area contributed by atoms with Crippen LogP contribution in [-0.2, 0) is 0 Å². The van der Waals surface area contributed by atoms with Crippen LogP contribution in [0.25, 0.3) is 39.7 Å². The molecule has 5 nitrogen and oxygen atoms in total. The maximum absolute atomic E-state index is 5.39. The predicted octanol–water partition coefficient (Wildman–Crippen LogP) is 4.72. The van der Waals surface area contributed by atoms with Crippen molar-refractivity contribution >= 4 is 5.78 Å². The summed E-state index contributed by atoms with van der Waals surface area (Å²) in [7, 11) is 0. The van der Waals surface area contributed by atoms with Crippen molar-refractivity contribution in [3.8, 4) is 34.0 Å². The molecule has 0 N–H and O–H groups in total. The Balaban J connectivity index is 1.58. The number of benzene rings is 2. The van der Waals surface area contributed by atoms with E-state index in [1.54, 1.807) is 17.0 Å². The minimum absolute atomic E-state index is 0.524. The highest BCUT2D eigenvalue weighted by atomic mass is 16.3. The molecule has 26 heavy (non-hydrogen) atoms. The van der Waals surface area contributed by atoms with E-state index in [-0.39, 0.29) is 0 Å². The summed E-state index contributed by atoms with van der Waals surface area (Å²) in [5.74, 6) is 1.69. The molecule has 3 aromatic heterocycles. The van der Waals surface area contributed by atoms with Gasteiger partial charge in [0.05, 0.1) is 12.0 Å². The van der Waals surface area contributed by atoms with Crippen molar-refractivity contribution in [1.29, 1.82) is 0 Å². The van der Waals surface area contributed by atoms with Crippen LogP contribution in [0, 0.1) is 0 Å². The van der Waals surface area contributed by atoms with Crippen molar-refractivity contribution in [2.45, 2.75) is 0 Å². The molecule has 0 fully saturated rings. The second-order valence-electron chi connectivity index (χ2n) is 5.90. The number of nitrogens with zero attached hydrogens (tertiary/aromatic N) is 4. The third-order valence-corrected chi connectivity index (χ3v) is 4.27. The van der Waals surface area contributed by atoms with E-state index in [1.165, 1.54) is 11.1 Å². The normalized spacial score (nSPS) is 11.1. The highest BCUT2D eigenvalue weighted by Gasteiger charge is 2.13. The van der Waals surface area contributed by atoms with Crippen molar-refractivity contribution in [1.82, 2.24) is 19.6 Å². The van der Waals surface area contributed by atoms with E-state index < -0.39 is 0 Å². The van der Waals surface area contributed by atoms with Crippen LogP contribution in [0.2, 0.25) is 0 Å². The van der Waals surface area contributed by atoms with Crippen molar-refractivity contribution in [3.05, 3.63) is 85.3 Å². The molecule has 0 spiro atoms. The van der Waals surface area contributed by atoms with Gasteiger partial charge in [-0.25, -0.2) is 4.98 Å². The third kappa shape index (κ3) is 2.46. The minimum atomic E-state index is 0.524. The summed E-state index contributed by atoms with van der Waals surface area (Å²) >= 11 is 0. The smallest absolute Gasteiger partial charge is 0.253 e. The monoisotopic (exact) mass is 338 g/mol. The second-order valence-corrected chi connectivity index (χ2v) is 5.90. The van der Waals surface area contributed by atoms with Crippen molar-refractivity contribution in [3.63, 3.8) is 0 Å². The van der Waals surface area contributed by atoms with Gasteiger partial charge in [0, 0.05) is 11.8 Å². The second kappa shape index (κ2) is 5.97. The predicted molar refractivity (Wildman–Crippen MR) is 99.4 cm³/mol. The summed E-state index contributed by atoms with van der Waals surface area (Å²) in [6, 6.07) is 24.3. The maximum atomic E-state index is 5.39. The number of aromatic nitrogens is 4. The fraction of sp³-hybridized carbons (Fsp3) is 0. The van der Waals surface area contributed by atoms with E-state index in [0.717, 1.165) is 11.3 Å². The SMILES string of the molecule is c1ccc(-c2ccc(-c3ccnc4nc(-c5ccco5)nn34)cc2)cc1. The topological polar surface area (TPSA) is 56.2 Å². The molecule has 0 aliphatic carbocycles. The van der Waals surface area contributed by atoms with Crippen LogP contribution in [0.1, 0.15) is 0 Å². The molecule has 3 heterocycles. The number of rotatable bonds is 3. The number of furan rings is 1. The molecule has 0 bridgehead atoms. The number of fused-ring (bicyclic) bond motifs is 1. The first-order valence-electron chi connectivity index (χ1n) is 8.30. The fourth-order valence-electron chi connectivity index (χ4n) is 2.99. The average molecular weight is 338 g/mol. The van der Waals surface area contributed by atoms with Crippen molar-refractivity contribution in [2.75, 3.05) is 0 Å². The lowest BCUT2D eigenvalue weighted by atomic mass is 10.0. The molecule has 0 aliphatic heterocycles. The van der Waals surface area contributed by atoms with Gasteiger partial charge in [0.2, 0.25) is 5.82 Å². The van der Waals surface area contributed by atoms with E-state index in [0.29, 0.717) is 17.4 Å². The molecule has 0 aliphatic rings. The molecule has 0 saturated heterocycles. The zero-order valence-electron chi connectivity index (χ0n) is 13.8. The lowest BCUT2D eigenvalue weighted by molar-refractivity contribution is 0.577. The Labute approximate surface area is 149 Å². The lowest BCUT2D eigenvalue weighted by Crippen LogP contribution is -1.95. The first kappa shape index (κ1) is 14.6. The highest BCUT2D eigenvalue weighted by molar-refractivity contribution is 5.69. The molecular formula is C21H14N4O. The van der Waals surface area contributed by atoms with Crippen LogP contribution >= 0.6 is 0 Å². The number of hydrogen-bond donors (Lipinski definition) is 0. The molecule has 5 heteroatoms. The molecule has 5 rings (SSSR count). The molecular weight excluding hydrogens is 324 g/mol. The lowest BCUT2D eigenvalue weighted by Gasteiger charge is -2.06. The van der Waals surface area contributed by atoms with Gasteiger partial charge in [-0.05, 0) is 29.3 Å². The summed E-state index contributed by atoms with van der Waals surface area (Å²) < 4.78 is 7.14. The first-order valence-corrected chi connectivity index (χ1v) is 8.30. The van der Waals surface area contributed by atoms with Crippen LogP contribution in [0.15, 0.2) is 89.7 Å². The van der Waals surface area contributed by atoms with Gasteiger partial charge in [0.1, 0.15) is 0 Å². The summed E-state index contributed by atoms with van der Waals surface area (Å²) in [5.41, 5.74) is 4.35. The largest absolute Gasteiger partial charge is 0.461 e. The van der Waals surface area contributed by atoms with E-state index >= 15 is 0 Å². The van der Waals surface area contributed by atoms with Gasteiger partial charge < -0.3 is 4.42 Å². The third-order valence-electron chi connectivity index (χ3n) is 4.27. The standard InChI is InChI=1S/C21H14N4O/c1-2-5-15(6-3-1)16-8-10-17(11-9-16)18-12-13-22-21-23-20(24-25(18)21)19-7-4-14-26-19/h1-14H. The van der Waals surface area contributed by atoms with Crippen LogP contribution in [0.3, 0.4) is 0 Å². The van der Waals surface area contributed by atoms with Crippen LogP contribution < -0.4 is 0 Å². The van der Waals surface area contributed by atoms with Gasteiger partial charge >= 0.3 is 0 Å². The van der Waals surface area contributed by atoms with Gasteiger partial charge in [-0.15, -0.1) is 5.10 Å². The van der Waals surface area contributed by atoms with Gasteiger partial charge in [0.25, 0.3) is 5.78 Å². The zero-order valence-corrected chi connectivity index (χ0v) is 13.8. The molecule has 0 amide bonds. The summed E-state index contributed by atoms with van der Waals surface area (Å²) in [4.78, 5) is 8.76. The van der Waals surface area contributed by atoms with Crippen LogP contribution in [-0.4, -0.2) is 19.6 Å². The molecule has 0 saturated carbocycles. The highest BCUT2D eigenvalue weighted by Crippen LogP contribution is 2.25. The van der Waals surface area contributed by atoms with Crippen LogP contribution in [0.5, 0.6) is 0 Å². The van der Waals surface area contributed by atoms with Crippen LogP contribution in [0.4, 0.5) is 0 Å². The summed E-state index contributed by atoms with van der Waals surface area (Å²) in [6.45, 7) is 0. The summed E-state index contributed by atoms with van der Waals surface area (Å²) in [5, 5.41) is 4.56. The minimum Gasteiger partial charge on any atom is -0.461 e. The fourth-order valence-corrected chi connectivity index (χ4v) is 2.99. The van der Waals surface area contributed by atoms with Gasteiger partial charge in [0.15, 0.2) is 5.76 Å². The Morgan fingerprint density at radius 2 is 1.50 bits per heavy atom. The summed E-state index contributed by atoms with van der Waals surface area (Å²) in [6.07, 6.45) is 3.36. The Morgan fingerprint density at radius 1 is 0.731 bits per heavy atom. The van der Waals surface area contributed by atoms with Crippen molar-refractivity contribution in [2.24, 2.45) is 0 Å². The maximum Gasteiger partial charge on any atom is 0.253 e. The van der Waals surface area contributed by atoms with Gasteiger partial charge in [-0.2, -0.15) is 9.50 Å². The molecule has 0 unspecified atom stereocenters. The Kier molecular flexibility index (Phi) is 3.35. The van der Waals surface area contributed by atoms with E-state index in [9.17, 15) is 0 Å². The first-order chi connectivity index (χ1) is 12.9. The molecule has 124 valence electrons. The quantitative estimate of drug-likeness (QED) is 0.478. The van der Waals surface area contributed by atoms with E-state index in [2.05, 4.69) is 51.5 Å². The Morgan fingerprint density at radius 3 is 2.27 bits per heavy atom. The molecule has 2 aromatic carbocycles.